The molecule has 3 heterocycles. The Labute approximate surface area is 171 Å². The molecule has 150 valence electrons. The number of ketones is 1. The van der Waals surface area contributed by atoms with Gasteiger partial charge in [0.2, 0.25) is 0 Å². The number of Topliss-reactive ketones (excluding diaryl/α,β-unsaturated/α-hetero) is 1. The molecule has 0 saturated heterocycles. The van der Waals surface area contributed by atoms with Gasteiger partial charge in [0.05, 0.1) is 17.5 Å². The zero-order valence-corrected chi connectivity index (χ0v) is 16.4. The zero-order valence-electron chi connectivity index (χ0n) is 15.6. The van der Waals surface area contributed by atoms with Gasteiger partial charge in [0.1, 0.15) is 17.7 Å². The average Bonchev–Trinajstić information content (AvgIpc) is 3.24. The van der Waals surface area contributed by atoms with Gasteiger partial charge in [-0.05, 0) is 43.9 Å². The average molecular weight is 417 g/mol. The Hall–Kier alpha value is -2.67. The number of carbonyl (C=O) groups excluding carboxylic acids is 2. The smallest absolute Gasteiger partial charge is 0.295 e. The van der Waals surface area contributed by atoms with Gasteiger partial charge in [-0.15, -0.1) is 11.6 Å². The van der Waals surface area contributed by atoms with Gasteiger partial charge in [-0.2, -0.15) is 0 Å². The van der Waals surface area contributed by atoms with Crippen molar-refractivity contribution in [3.8, 4) is 0 Å². The van der Waals surface area contributed by atoms with E-state index < -0.39 is 23.7 Å². The minimum Gasteiger partial charge on any atom is -0.483 e. The summed E-state index contributed by atoms with van der Waals surface area (Å²) in [5.74, 6) is -0.700. The van der Waals surface area contributed by atoms with Crippen LogP contribution in [0.2, 0.25) is 0 Å². The summed E-state index contributed by atoms with van der Waals surface area (Å²) in [6.45, 7) is 1.71. The second-order valence-corrected chi connectivity index (χ2v) is 8.33. The van der Waals surface area contributed by atoms with Crippen LogP contribution in [0.15, 0.2) is 46.2 Å². The third-order valence-electron chi connectivity index (χ3n) is 5.81. The Bertz CT molecular complexity index is 1050. The van der Waals surface area contributed by atoms with Crippen LogP contribution in [0.4, 0.5) is 10.2 Å². The highest BCUT2D eigenvalue weighted by Crippen LogP contribution is 2.48. The van der Waals surface area contributed by atoms with Gasteiger partial charge < -0.3 is 9.26 Å². The molecule has 29 heavy (non-hydrogen) atoms. The SMILES string of the molecule is Cc1cc(N2C(=O)C3=C(C(=O)C4CC(Cl)CCC4O3)C2c2cccc(F)c2)no1. The Morgan fingerprint density at radius 1 is 1.24 bits per heavy atom. The van der Waals surface area contributed by atoms with Gasteiger partial charge in [0.15, 0.2) is 17.4 Å². The van der Waals surface area contributed by atoms with E-state index in [-0.39, 0.29) is 34.4 Å². The molecule has 1 aliphatic carbocycles. The fourth-order valence-corrected chi connectivity index (χ4v) is 4.83. The molecule has 0 spiro atoms. The maximum Gasteiger partial charge on any atom is 0.295 e. The number of carbonyl (C=O) groups is 2. The first-order chi connectivity index (χ1) is 13.9. The van der Waals surface area contributed by atoms with Crippen LogP contribution in [0, 0.1) is 18.7 Å². The Kier molecular flexibility index (Phi) is 4.24. The monoisotopic (exact) mass is 416 g/mol. The zero-order chi connectivity index (χ0) is 20.3. The second-order valence-electron chi connectivity index (χ2n) is 7.71. The number of amides is 1. The van der Waals surface area contributed by atoms with Gasteiger partial charge >= 0.3 is 0 Å². The minimum absolute atomic E-state index is 0.0270. The molecule has 0 radical (unpaired) electrons. The summed E-state index contributed by atoms with van der Waals surface area (Å²) in [5.41, 5.74) is 0.714. The number of alkyl halides is 1. The topological polar surface area (TPSA) is 72.6 Å². The predicted octanol–water partition coefficient (Wildman–Crippen LogP) is 3.84. The molecule has 0 N–H and O–H groups in total. The van der Waals surface area contributed by atoms with Crippen LogP contribution in [0.3, 0.4) is 0 Å². The van der Waals surface area contributed by atoms with Crippen LogP contribution < -0.4 is 4.90 Å². The summed E-state index contributed by atoms with van der Waals surface area (Å²) < 4.78 is 25.2. The van der Waals surface area contributed by atoms with Crippen molar-refractivity contribution in [2.45, 2.75) is 43.7 Å². The first-order valence-electron chi connectivity index (χ1n) is 9.55. The Morgan fingerprint density at radius 2 is 2.07 bits per heavy atom. The number of rotatable bonds is 2. The first-order valence-corrected chi connectivity index (χ1v) is 9.99. The number of ether oxygens (including phenoxy) is 1. The molecule has 3 aliphatic rings. The van der Waals surface area contributed by atoms with Gasteiger partial charge in [-0.1, -0.05) is 17.3 Å². The lowest BCUT2D eigenvalue weighted by atomic mass is 9.77. The third-order valence-corrected chi connectivity index (χ3v) is 6.21. The molecule has 1 aromatic heterocycles. The molecule has 4 unspecified atom stereocenters. The lowest BCUT2D eigenvalue weighted by Crippen LogP contribution is -2.41. The molecule has 8 heteroatoms. The van der Waals surface area contributed by atoms with E-state index in [0.717, 1.165) is 6.42 Å². The summed E-state index contributed by atoms with van der Waals surface area (Å²) in [5, 5.41) is 3.85. The van der Waals surface area contributed by atoms with E-state index in [1.54, 1.807) is 25.1 Å². The number of anilines is 1. The summed E-state index contributed by atoms with van der Waals surface area (Å²) >= 11 is 6.30. The van der Waals surface area contributed by atoms with E-state index in [1.807, 2.05) is 0 Å². The summed E-state index contributed by atoms with van der Waals surface area (Å²) in [6.07, 6.45) is 1.47. The fraction of sp³-hybridized carbons (Fsp3) is 0.381. The molecule has 2 aliphatic heterocycles. The van der Waals surface area contributed by atoms with Crippen LogP contribution in [0.5, 0.6) is 0 Å². The number of benzene rings is 1. The standard InChI is InChI=1S/C21H18ClFN2O4/c1-10-7-16(24-29-10)25-18(11-3-2-4-13(23)8-11)17-19(26)14-9-12(22)5-6-15(14)28-20(17)21(25)27/h2-4,7-8,12,14-15,18H,5-6,9H2,1H3. The highest BCUT2D eigenvalue weighted by atomic mass is 35.5. The summed E-state index contributed by atoms with van der Waals surface area (Å²) in [7, 11) is 0. The molecule has 6 nitrogen and oxygen atoms in total. The number of hydrogen-bond acceptors (Lipinski definition) is 5. The maximum absolute atomic E-state index is 14.0. The normalized spacial score (nSPS) is 29.0. The Balaban J connectivity index is 1.65. The van der Waals surface area contributed by atoms with Crippen LogP contribution >= 0.6 is 11.6 Å². The molecule has 1 saturated carbocycles. The van der Waals surface area contributed by atoms with Gasteiger partial charge in [0, 0.05) is 11.4 Å². The maximum atomic E-state index is 14.0. The number of nitrogens with zero attached hydrogens (tertiary/aromatic N) is 2. The molecule has 0 bridgehead atoms. The minimum atomic E-state index is -0.832. The van der Waals surface area contributed by atoms with Crippen molar-refractivity contribution < 1.29 is 23.2 Å². The largest absolute Gasteiger partial charge is 0.483 e. The molecule has 1 aromatic carbocycles. The van der Waals surface area contributed by atoms with Crippen LogP contribution in [0.25, 0.3) is 0 Å². The van der Waals surface area contributed by atoms with Crippen molar-refractivity contribution in [1.82, 2.24) is 5.16 Å². The second kappa shape index (κ2) is 6.69. The van der Waals surface area contributed by atoms with Crippen molar-refractivity contribution in [3.63, 3.8) is 0 Å². The van der Waals surface area contributed by atoms with Crippen molar-refractivity contribution in [2.75, 3.05) is 4.90 Å². The molecule has 4 atom stereocenters. The number of halogens is 2. The lowest BCUT2D eigenvalue weighted by Gasteiger charge is -2.37. The Morgan fingerprint density at radius 3 is 2.79 bits per heavy atom. The van der Waals surface area contributed by atoms with E-state index in [9.17, 15) is 14.0 Å². The van der Waals surface area contributed by atoms with E-state index in [0.29, 0.717) is 24.2 Å². The molecule has 1 amide bonds. The lowest BCUT2D eigenvalue weighted by molar-refractivity contribution is -0.131. The summed E-state index contributed by atoms with van der Waals surface area (Å²) in [4.78, 5) is 28.1. The van der Waals surface area contributed by atoms with Gasteiger partial charge in [-0.25, -0.2) is 4.39 Å². The van der Waals surface area contributed by atoms with Crippen molar-refractivity contribution in [1.29, 1.82) is 0 Å². The molecule has 1 fully saturated rings. The van der Waals surface area contributed by atoms with Crippen molar-refractivity contribution in [3.05, 3.63) is 58.8 Å². The third kappa shape index (κ3) is 2.87. The quantitative estimate of drug-likeness (QED) is 0.695. The van der Waals surface area contributed by atoms with Gasteiger partial charge in [-0.3, -0.25) is 14.5 Å². The number of hydrogen-bond donors (Lipinski definition) is 0. The number of aryl methyl sites for hydroxylation is 1. The highest BCUT2D eigenvalue weighted by Gasteiger charge is 2.53. The molecular weight excluding hydrogens is 399 g/mol. The van der Waals surface area contributed by atoms with E-state index in [2.05, 4.69) is 5.16 Å². The molecule has 2 aromatic rings. The number of fused-ring (bicyclic) bond motifs is 1. The fourth-order valence-electron chi connectivity index (χ4n) is 4.51. The van der Waals surface area contributed by atoms with Crippen molar-refractivity contribution >= 4 is 29.1 Å². The van der Waals surface area contributed by atoms with Crippen LogP contribution in [-0.4, -0.2) is 28.3 Å². The summed E-state index contributed by atoms with van der Waals surface area (Å²) in [6, 6.07) is 6.64. The molecular formula is C21H18ClFN2O4. The highest BCUT2D eigenvalue weighted by molar-refractivity contribution is 6.21. The molecule has 5 rings (SSSR count). The van der Waals surface area contributed by atoms with Gasteiger partial charge in [0.25, 0.3) is 5.91 Å². The van der Waals surface area contributed by atoms with Crippen molar-refractivity contribution in [2.24, 2.45) is 5.92 Å². The van der Waals surface area contributed by atoms with E-state index in [1.165, 1.54) is 17.0 Å². The van der Waals surface area contributed by atoms with E-state index >= 15 is 0 Å². The van der Waals surface area contributed by atoms with E-state index in [4.69, 9.17) is 20.9 Å². The predicted molar refractivity (Wildman–Crippen MR) is 102 cm³/mol. The number of aromatic nitrogens is 1. The first kappa shape index (κ1) is 18.4. The van der Waals surface area contributed by atoms with Crippen LogP contribution in [-0.2, 0) is 14.3 Å². The van der Waals surface area contributed by atoms with Crippen LogP contribution in [0.1, 0.15) is 36.6 Å².